The summed E-state index contributed by atoms with van der Waals surface area (Å²) in [7, 11) is 7.18. The fraction of sp³-hybridized carbons (Fsp3) is 0.415. The van der Waals surface area contributed by atoms with E-state index in [1.165, 1.54) is 0 Å². The molecule has 1 N–H and O–H groups in total. The zero-order chi connectivity index (χ0) is 38.6. The van der Waals surface area contributed by atoms with Crippen molar-refractivity contribution in [1.82, 2.24) is 29.6 Å². The molecule has 3 saturated heterocycles. The van der Waals surface area contributed by atoms with Crippen LogP contribution in [0.3, 0.4) is 0 Å². The van der Waals surface area contributed by atoms with E-state index in [1.54, 1.807) is 50.4 Å². The van der Waals surface area contributed by atoms with Gasteiger partial charge in [-0.25, -0.2) is 0 Å². The average molecular weight is 748 g/mol. The Bertz CT molecular complexity index is 2270. The number of carbonyl (C=O) groups excluding carboxylic acids is 4. The number of amides is 4. The van der Waals surface area contributed by atoms with Crippen LogP contribution in [-0.2, 0) is 23.2 Å². The Morgan fingerprint density at radius 2 is 1.62 bits per heavy atom. The summed E-state index contributed by atoms with van der Waals surface area (Å²) in [6.45, 7) is 6.46. The Hall–Kier alpha value is -5.60. The number of methoxy groups -OCH3 is 2. The van der Waals surface area contributed by atoms with E-state index in [-0.39, 0.29) is 29.7 Å². The maximum atomic E-state index is 13.3. The number of nitrogens with zero attached hydrogens (tertiary/aromatic N) is 6. The Kier molecular flexibility index (Phi) is 9.42. The van der Waals surface area contributed by atoms with Gasteiger partial charge in [-0.05, 0) is 86.7 Å². The number of imide groups is 2. The maximum absolute atomic E-state index is 13.3. The van der Waals surface area contributed by atoms with Gasteiger partial charge in [0.1, 0.15) is 17.5 Å². The lowest BCUT2D eigenvalue weighted by molar-refractivity contribution is -0.136. The maximum Gasteiger partial charge on any atom is 0.262 e. The number of hydrogen-bond donors (Lipinski definition) is 1. The zero-order valence-corrected chi connectivity index (χ0v) is 31.6. The molecule has 4 aliphatic rings. The van der Waals surface area contributed by atoms with Crippen molar-refractivity contribution in [3.8, 4) is 22.6 Å². The third-order valence-corrected chi connectivity index (χ3v) is 11.6. The number of rotatable bonds is 12. The molecular weight excluding hydrogens is 702 g/mol. The number of anilines is 1. The van der Waals surface area contributed by atoms with Gasteiger partial charge < -0.3 is 28.7 Å². The molecule has 1 spiro atoms. The topological polar surface area (TPSA) is 147 Å². The zero-order valence-electron chi connectivity index (χ0n) is 31.6. The minimum Gasteiger partial charge on any atom is -0.496 e. The predicted molar refractivity (Wildman–Crippen MR) is 205 cm³/mol. The molecule has 3 fully saturated rings. The van der Waals surface area contributed by atoms with E-state index < -0.39 is 23.8 Å². The minimum absolute atomic E-state index is 0.0953. The van der Waals surface area contributed by atoms with Crippen molar-refractivity contribution in [2.45, 2.75) is 38.3 Å². The lowest BCUT2D eigenvalue weighted by Crippen LogP contribution is -2.72. The second kappa shape index (κ2) is 14.2. The molecule has 14 nitrogen and oxygen atoms in total. The third-order valence-electron chi connectivity index (χ3n) is 11.6. The molecule has 0 aliphatic carbocycles. The Morgan fingerprint density at radius 1 is 0.891 bits per heavy atom. The molecule has 1 atom stereocenters. The van der Waals surface area contributed by atoms with Crippen molar-refractivity contribution < 1.29 is 28.7 Å². The van der Waals surface area contributed by atoms with Crippen molar-refractivity contribution >= 4 is 40.1 Å². The Morgan fingerprint density at radius 3 is 2.33 bits per heavy atom. The van der Waals surface area contributed by atoms with Gasteiger partial charge in [-0.1, -0.05) is 0 Å². The average Bonchev–Trinajstić information content (AvgIpc) is 3.39. The summed E-state index contributed by atoms with van der Waals surface area (Å²) in [6.07, 6.45) is 7.51. The summed E-state index contributed by atoms with van der Waals surface area (Å²) in [5.74, 6) is -0.498. The molecule has 1 unspecified atom stereocenters. The highest BCUT2D eigenvalue weighted by molar-refractivity contribution is 6.23. The van der Waals surface area contributed by atoms with Crippen molar-refractivity contribution in [2.24, 2.45) is 12.5 Å². The molecule has 6 heterocycles. The van der Waals surface area contributed by atoms with Crippen LogP contribution in [0.2, 0.25) is 0 Å². The van der Waals surface area contributed by atoms with Gasteiger partial charge in [-0.2, -0.15) is 0 Å². The molecule has 0 radical (unpaired) electrons. The van der Waals surface area contributed by atoms with Gasteiger partial charge >= 0.3 is 0 Å². The summed E-state index contributed by atoms with van der Waals surface area (Å²) in [5.41, 5.74) is 4.43. The normalized spacial score (nSPS) is 19.2. The molecule has 286 valence electrons. The number of aromatic nitrogens is 2. The van der Waals surface area contributed by atoms with E-state index in [0.717, 1.165) is 96.3 Å². The van der Waals surface area contributed by atoms with Crippen LogP contribution < -0.4 is 25.2 Å². The molecule has 55 heavy (non-hydrogen) atoms. The molecule has 4 aliphatic heterocycles. The first-order chi connectivity index (χ1) is 26.5. The smallest absolute Gasteiger partial charge is 0.262 e. The summed E-state index contributed by atoms with van der Waals surface area (Å²) in [4.78, 5) is 75.3. The van der Waals surface area contributed by atoms with Gasteiger partial charge in [-0.15, -0.1) is 0 Å². The lowest BCUT2D eigenvalue weighted by atomic mass is 9.72. The summed E-state index contributed by atoms with van der Waals surface area (Å²) >= 11 is 0. The molecule has 14 heteroatoms. The number of ether oxygens (including phenoxy) is 2. The first-order valence-electron chi connectivity index (χ1n) is 18.7. The highest BCUT2D eigenvalue weighted by Crippen LogP contribution is 2.43. The largest absolute Gasteiger partial charge is 0.496 e. The lowest BCUT2D eigenvalue weighted by Gasteiger charge is -2.61. The van der Waals surface area contributed by atoms with Gasteiger partial charge in [0, 0.05) is 81.4 Å². The van der Waals surface area contributed by atoms with Crippen LogP contribution in [0, 0.1) is 5.41 Å². The number of pyridine rings is 2. The first kappa shape index (κ1) is 36.4. The van der Waals surface area contributed by atoms with Crippen molar-refractivity contribution in [2.75, 3.05) is 65.4 Å². The number of likely N-dealkylation sites (tertiary alicyclic amines) is 1. The number of piperidine rings is 1. The van der Waals surface area contributed by atoms with Gasteiger partial charge in [0.2, 0.25) is 11.8 Å². The molecular formula is C41H45N7O7. The van der Waals surface area contributed by atoms with Crippen LogP contribution in [0.4, 0.5) is 5.69 Å². The standard InChI is InChI=1S/C41H45N7O7/c1-44(19-32-34(54-3)15-25(16-35(32)55-4)31-20-45(2)38(51)30-18-42-12-11-27(30)31)13-5-6-14-46-21-41(22-46)23-47(24-41)26-7-8-28-29(17-26)40(53)48(39(28)52)33-9-10-36(49)43-37(33)50/h7-8,11-12,15-18,20,33H,5-6,9-10,13-14,19,21-24H2,1-4H3,(H,43,49,50). The van der Waals surface area contributed by atoms with E-state index in [2.05, 4.69) is 32.0 Å². The van der Waals surface area contributed by atoms with Gasteiger partial charge in [0.05, 0.1) is 36.3 Å². The minimum atomic E-state index is -0.966. The number of hydrogen-bond acceptors (Lipinski definition) is 11. The fourth-order valence-electron chi connectivity index (χ4n) is 8.77. The van der Waals surface area contributed by atoms with Crippen molar-refractivity contribution in [3.05, 3.63) is 82.0 Å². The van der Waals surface area contributed by atoms with E-state index in [0.29, 0.717) is 23.1 Å². The second-order valence-corrected chi connectivity index (χ2v) is 15.4. The molecule has 0 saturated carbocycles. The van der Waals surface area contributed by atoms with Crippen LogP contribution in [0.15, 0.2) is 59.8 Å². The van der Waals surface area contributed by atoms with Crippen molar-refractivity contribution in [3.63, 3.8) is 0 Å². The number of unbranched alkanes of at least 4 members (excludes halogenated alkanes) is 1. The quantitative estimate of drug-likeness (QED) is 0.169. The van der Waals surface area contributed by atoms with E-state index in [9.17, 15) is 24.0 Å². The number of benzene rings is 2. The monoisotopic (exact) mass is 747 g/mol. The molecule has 8 rings (SSSR count). The van der Waals surface area contributed by atoms with Crippen molar-refractivity contribution in [1.29, 1.82) is 0 Å². The molecule has 4 aromatic rings. The molecule has 2 aromatic carbocycles. The Balaban J connectivity index is 0.814. The van der Waals surface area contributed by atoms with E-state index in [4.69, 9.17) is 9.47 Å². The number of aryl methyl sites for hydroxylation is 1. The fourth-order valence-corrected chi connectivity index (χ4v) is 8.77. The van der Waals surface area contributed by atoms with E-state index >= 15 is 0 Å². The van der Waals surface area contributed by atoms with Crippen LogP contribution in [0.1, 0.15) is 52.0 Å². The number of fused-ring (bicyclic) bond motifs is 2. The van der Waals surface area contributed by atoms with Gasteiger partial charge in [0.15, 0.2) is 0 Å². The highest BCUT2D eigenvalue weighted by Gasteiger charge is 2.52. The van der Waals surface area contributed by atoms with Crippen LogP contribution in [-0.4, -0.2) is 114 Å². The number of nitrogens with one attached hydrogen (secondary N) is 1. The Labute approximate surface area is 318 Å². The van der Waals surface area contributed by atoms with Crippen LogP contribution >= 0.6 is 0 Å². The van der Waals surface area contributed by atoms with Gasteiger partial charge in [-0.3, -0.25) is 39.2 Å². The van der Waals surface area contributed by atoms with Crippen LogP contribution in [0.5, 0.6) is 11.5 Å². The number of carbonyl (C=O) groups is 4. The molecule has 0 bridgehead atoms. The van der Waals surface area contributed by atoms with Crippen LogP contribution in [0.25, 0.3) is 21.9 Å². The summed E-state index contributed by atoms with van der Waals surface area (Å²) < 4.78 is 13.3. The predicted octanol–water partition coefficient (Wildman–Crippen LogP) is 3.05. The van der Waals surface area contributed by atoms with Gasteiger partial charge in [0.25, 0.3) is 17.4 Å². The molecule has 4 amide bonds. The third kappa shape index (κ3) is 6.52. The van der Waals surface area contributed by atoms with E-state index in [1.807, 2.05) is 30.5 Å². The molecule has 2 aromatic heterocycles. The summed E-state index contributed by atoms with van der Waals surface area (Å²) in [5, 5.41) is 3.63. The highest BCUT2D eigenvalue weighted by atomic mass is 16.5. The second-order valence-electron chi connectivity index (χ2n) is 15.4. The SMILES string of the molecule is COc1cc(-c2cn(C)c(=O)c3cnccc23)cc(OC)c1CN(C)CCCCN1CC2(C1)CN(c1ccc3c(c1)C(=O)N(C1CCC(=O)NC1=O)C3=O)C2. The summed E-state index contributed by atoms with van der Waals surface area (Å²) in [6, 6.07) is 10.2. The first-order valence-corrected chi connectivity index (χ1v) is 18.7.